The monoisotopic (exact) mass is 202 g/mol. The Morgan fingerprint density at radius 3 is 2.50 bits per heavy atom. The largest absolute Gasteiger partial charge is 0.383 e. The fourth-order valence-electron chi connectivity index (χ4n) is 1.14. The minimum atomic E-state index is -0.417. The van der Waals surface area contributed by atoms with Gasteiger partial charge in [0.15, 0.2) is 0 Å². The van der Waals surface area contributed by atoms with E-state index in [1.54, 1.807) is 7.11 Å². The van der Waals surface area contributed by atoms with E-state index in [-0.39, 0.29) is 17.9 Å². The van der Waals surface area contributed by atoms with Crippen LogP contribution < -0.4 is 11.1 Å². The second kappa shape index (κ2) is 6.79. The van der Waals surface area contributed by atoms with Gasteiger partial charge < -0.3 is 15.8 Å². The smallest absolute Gasteiger partial charge is 0.237 e. The highest BCUT2D eigenvalue weighted by Gasteiger charge is 2.20. The summed E-state index contributed by atoms with van der Waals surface area (Å²) in [6.45, 7) is 6.41. The van der Waals surface area contributed by atoms with Crippen molar-refractivity contribution in [2.45, 2.75) is 39.3 Å². The molecule has 0 heterocycles. The van der Waals surface area contributed by atoms with Gasteiger partial charge in [0.2, 0.25) is 5.91 Å². The van der Waals surface area contributed by atoms with Crippen LogP contribution in [0.2, 0.25) is 0 Å². The lowest BCUT2D eigenvalue weighted by atomic mass is 9.99. The number of hydrogen-bond acceptors (Lipinski definition) is 3. The SMILES string of the molecule is CC[C@H](C)[C@H](N)C(=O)NC(C)COC. The topological polar surface area (TPSA) is 64.4 Å². The predicted octanol–water partition coefficient (Wildman–Crippen LogP) is 0.511. The highest BCUT2D eigenvalue weighted by atomic mass is 16.5. The van der Waals surface area contributed by atoms with Crippen LogP contribution in [0.15, 0.2) is 0 Å². The summed E-state index contributed by atoms with van der Waals surface area (Å²) in [4.78, 5) is 11.5. The van der Waals surface area contributed by atoms with E-state index >= 15 is 0 Å². The molecule has 0 aromatic rings. The van der Waals surface area contributed by atoms with Crippen LogP contribution in [0.3, 0.4) is 0 Å². The van der Waals surface area contributed by atoms with Gasteiger partial charge in [-0.2, -0.15) is 0 Å². The van der Waals surface area contributed by atoms with E-state index in [1.165, 1.54) is 0 Å². The minimum absolute atomic E-state index is 0.0163. The van der Waals surface area contributed by atoms with Crippen molar-refractivity contribution < 1.29 is 9.53 Å². The van der Waals surface area contributed by atoms with Crippen molar-refractivity contribution in [2.24, 2.45) is 11.7 Å². The van der Waals surface area contributed by atoms with Gasteiger partial charge in [0.25, 0.3) is 0 Å². The molecule has 14 heavy (non-hydrogen) atoms. The van der Waals surface area contributed by atoms with E-state index in [4.69, 9.17) is 10.5 Å². The first-order valence-corrected chi connectivity index (χ1v) is 5.07. The van der Waals surface area contributed by atoms with Gasteiger partial charge in [-0.1, -0.05) is 20.3 Å². The van der Waals surface area contributed by atoms with Gasteiger partial charge in [0.05, 0.1) is 12.6 Å². The van der Waals surface area contributed by atoms with E-state index in [1.807, 2.05) is 20.8 Å². The molecule has 3 atom stereocenters. The molecule has 4 nitrogen and oxygen atoms in total. The Morgan fingerprint density at radius 2 is 2.07 bits per heavy atom. The van der Waals surface area contributed by atoms with Crippen molar-refractivity contribution in [3.63, 3.8) is 0 Å². The van der Waals surface area contributed by atoms with Gasteiger partial charge in [0.1, 0.15) is 0 Å². The summed E-state index contributed by atoms with van der Waals surface area (Å²) < 4.78 is 4.92. The number of methoxy groups -OCH3 is 1. The van der Waals surface area contributed by atoms with Gasteiger partial charge in [-0.25, -0.2) is 0 Å². The third kappa shape index (κ3) is 4.58. The van der Waals surface area contributed by atoms with Crippen LogP contribution >= 0.6 is 0 Å². The molecule has 0 spiro atoms. The molecule has 0 bridgehead atoms. The van der Waals surface area contributed by atoms with E-state index < -0.39 is 6.04 Å². The van der Waals surface area contributed by atoms with Gasteiger partial charge in [-0.3, -0.25) is 4.79 Å². The van der Waals surface area contributed by atoms with Crippen LogP contribution in [0, 0.1) is 5.92 Å². The quantitative estimate of drug-likeness (QED) is 0.659. The van der Waals surface area contributed by atoms with Gasteiger partial charge in [0, 0.05) is 13.2 Å². The Labute approximate surface area is 86.2 Å². The summed E-state index contributed by atoms with van der Waals surface area (Å²) in [7, 11) is 1.61. The number of nitrogens with two attached hydrogens (primary N) is 1. The molecule has 0 saturated carbocycles. The van der Waals surface area contributed by atoms with Crippen LogP contribution in [-0.2, 0) is 9.53 Å². The number of carbonyl (C=O) groups excluding carboxylic acids is 1. The standard InChI is InChI=1S/C10H22N2O2/c1-5-7(2)9(11)10(13)12-8(3)6-14-4/h7-9H,5-6,11H2,1-4H3,(H,12,13)/t7-,8?,9-/m0/s1. The van der Waals surface area contributed by atoms with Crippen molar-refractivity contribution >= 4 is 5.91 Å². The predicted molar refractivity (Wildman–Crippen MR) is 56.9 cm³/mol. The number of carbonyl (C=O) groups is 1. The zero-order valence-corrected chi connectivity index (χ0v) is 9.54. The molecule has 0 radical (unpaired) electrons. The summed E-state index contributed by atoms with van der Waals surface area (Å²) in [5, 5.41) is 2.81. The number of rotatable bonds is 6. The lowest BCUT2D eigenvalue weighted by molar-refractivity contribution is -0.124. The summed E-state index contributed by atoms with van der Waals surface area (Å²) in [6, 6.07) is -0.401. The van der Waals surface area contributed by atoms with Crippen molar-refractivity contribution in [2.75, 3.05) is 13.7 Å². The first-order chi connectivity index (χ1) is 6.52. The highest BCUT2D eigenvalue weighted by Crippen LogP contribution is 2.05. The average molecular weight is 202 g/mol. The lowest BCUT2D eigenvalue weighted by Crippen LogP contribution is -2.48. The van der Waals surface area contributed by atoms with Crippen LogP contribution in [0.4, 0.5) is 0 Å². The lowest BCUT2D eigenvalue weighted by Gasteiger charge is -2.20. The Balaban J connectivity index is 3.94. The second-order valence-corrected chi connectivity index (χ2v) is 3.78. The van der Waals surface area contributed by atoms with Gasteiger partial charge in [-0.05, 0) is 12.8 Å². The number of amides is 1. The van der Waals surface area contributed by atoms with E-state index in [0.29, 0.717) is 6.61 Å². The van der Waals surface area contributed by atoms with Crippen LogP contribution in [0.25, 0.3) is 0 Å². The number of hydrogen-bond donors (Lipinski definition) is 2. The van der Waals surface area contributed by atoms with Crippen molar-refractivity contribution in [1.29, 1.82) is 0 Å². The fourth-order valence-corrected chi connectivity index (χ4v) is 1.14. The third-order valence-corrected chi connectivity index (χ3v) is 2.37. The molecular weight excluding hydrogens is 180 g/mol. The molecule has 0 aromatic heterocycles. The summed E-state index contributed by atoms with van der Waals surface area (Å²) in [5.41, 5.74) is 5.76. The molecule has 0 aliphatic heterocycles. The first kappa shape index (κ1) is 13.4. The minimum Gasteiger partial charge on any atom is -0.383 e. The molecule has 1 unspecified atom stereocenters. The molecule has 3 N–H and O–H groups in total. The van der Waals surface area contributed by atoms with Gasteiger partial charge >= 0.3 is 0 Å². The second-order valence-electron chi connectivity index (χ2n) is 3.78. The van der Waals surface area contributed by atoms with E-state index in [0.717, 1.165) is 6.42 Å². The zero-order chi connectivity index (χ0) is 11.1. The molecule has 0 fully saturated rings. The van der Waals surface area contributed by atoms with E-state index in [9.17, 15) is 4.79 Å². The molecule has 0 aromatic carbocycles. The van der Waals surface area contributed by atoms with Crippen molar-refractivity contribution in [1.82, 2.24) is 5.32 Å². The summed E-state index contributed by atoms with van der Waals surface area (Å²) >= 11 is 0. The molecular formula is C10H22N2O2. The maximum Gasteiger partial charge on any atom is 0.237 e. The Bertz CT molecular complexity index is 174. The highest BCUT2D eigenvalue weighted by molar-refractivity contribution is 5.82. The normalized spacial score (nSPS) is 17.2. The Kier molecular flexibility index (Phi) is 6.49. The maximum atomic E-state index is 11.5. The molecule has 0 aliphatic carbocycles. The number of ether oxygens (including phenoxy) is 1. The molecule has 84 valence electrons. The fraction of sp³-hybridized carbons (Fsp3) is 0.900. The maximum absolute atomic E-state index is 11.5. The summed E-state index contributed by atoms with van der Waals surface area (Å²) in [5.74, 6) is 0.119. The van der Waals surface area contributed by atoms with Crippen molar-refractivity contribution in [3.8, 4) is 0 Å². The van der Waals surface area contributed by atoms with Crippen LogP contribution in [0.1, 0.15) is 27.2 Å². The molecule has 1 amide bonds. The first-order valence-electron chi connectivity index (χ1n) is 5.07. The zero-order valence-electron chi connectivity index (χ0n) is 9.54. The molecule has 0 saturated heterocycles. The summed E-state index contributed by atoms with van der Waals surface area (Å²) in [6.07, 6.45) is 0.910. The third-order valence-electron chi connectivity index (χ3n) is 2.37. The van der Waals surface area contributed by atoms with E-state index in [2.05, 4.69) is 5.32 Å². The number of nitrogens with one attached hydrogen (secondary N) is 1. The molecule has 0 aliphatic rings. The van der Waals surface area contributed by atoms with Crippen LogP contribution in [0.5, 0.6) is 0 Å². The molecule has 0 rings (SSSR count). The molecule has 4 heteroatoms. The van der Waals surface area contributed by atoms with Gasteiger partial charge in [-0.15, -0.1) is 0 Å². The Morgan fingerprint density at radius 1 is 1.50 bits per heavy atom. The Hall–Kier alpha value is -0.610. The average Bonchev–Trinajstić information content (AvgIpc) is 2.15. The van der Waals surface area contributed by atoms with Crippen molar-refractivity contribution in [3.05, 3.63) is 0 Å². The van der Waals surface area contributed by atoms with Crippen LogP contribution in [-0.4, -0.2) is 31.7 Å².